The second-order valence-electron chi connectivity index (χ2n) is 14.6. The standard InChI is InChI=1S/C51H28N2OS/c1-2-12-31-29(11-1)22-25-41-49(31)50-42(26-24-38-34-15-4-3-13-32(34)33-14-5-6-17-37(33)47(38)50)53(41)46-28-40(48-39-18-7-9-19-43(39)54-51(48)52-46)30-21-23-36-35-16-8-10-20-44(35)55-45(36)27-30/h1-28H. The summed E-state index contributed by atoms with van der Waals surface area (Å²) < 4.78 is 11.6. The fraction of sp³-hybridized carbons (Fsp3) is 0. The highest BCUT2D eigenvalue weighted by atomic mass is 32.1. The summed E-state index contributed by atoms with van der Waals surface area (Å²) in [7, 11) is 0. The molecule has 0 spiro atoms. The van der Waals surface area contributed by atoms with Gasteiger partial charge in [0.25, 0.3) is 0 Å². The van der Waals surface area contributed by atoms with E-state index in [1.807, 2.05) is 23.5 Å². The lowest BCUT2D eigenvalue weighted by Crippen LogP contribution is -1.99. The van der Waals surface area contributed by atoms with E-state index in [0.717, 1.165) is 44.3 Å². The van der Waals surface area contributed by atoms with Gasteiger partial charge in [-0.15, -0.1) is 11.3 Å². The molecule has 0 unspecified atom stereocenters. The van der Waals surface area contributed by atoms with Crippen molar-refractivity contribution >= 4 is 118 Å². The summed E-state index contributed by atoms with van der Waals surface area (Å²) in [5, 5.41) is 17.2. The van der Waals surface area contributed by atoms with E-state index in [-0.39, 0.29) is 0 Å². The lowest BCUT2D eigenvalue weighted by atomic mass is 9.91. The molecule has 4 heteroatoms. The molecule has 4 aromatic heterocycles. The molecule has 0 amide bonds. The SMILES string of the molecule is c1ccc2c(c1)ccc1c2c2c3c4ccccc4c4ccccc4c3ccc2n1-c1cc(-c2ccc3c(c2)sc2ccccc23)c2c(n1)oc1ccccc12. The maximum Gasteiger partial charge on any atom is 0.229 e. The lowest BCUT2D eigenvalue weighted by molar-refractivity contribution is 0.653. The summed E-state index contributed by atoms with van der Waals surface area (Å²) in [5.41, 5.74) is 5.97. The second kappa shape index (κ2) is 10.8. The molecule has 4 heterocycles. The van der Waals surface area contributed by atoms with E-state index in [4.69, 9.17) is 9.40 Å². The van der Waals surface area contributed by atoms with Crippen molar-refractivity contribution in [3.63, 3.8) is 0 Å². The summed E-state index contributed by atoms with van der Waals surface area (Å²) in [5.74, 6) is 0.831. The Labute approximate surface area is 317 Å². The number of benzene rings is 9. The van der Waals surface area contributed by atoms with Crippen LogP contribution < -0.4 is 0 Å². The number of fused-ring (bicyclic) bond motifs is 18. The molecule has 0 saturated heterocycles. The van der Waals surface area contributed by atoms with Crippen LogP contribution in [0.3, 0.4) is 0 Å². The summed E-state index contributed by atoms with van der Waals surface area (Å²) >= 11 is 1.85. The van der Waals surface area contributed by atoms with Crippen molar-refractivity contribution in [2.75, 3.05) is 0 Å². The molecule has 0 aliphatic rings. The van der Waals surface area contributed by atoms with Crippen molar-refractivity contribution in [2.24, 2.45) is 0 Å². The van der Waals surface area contributed by atoms with E-state index >= 15 is 0 Å². The van der Waals surface area contributed by atoms with E-state index in [9.17, 15) is 0 Å². The summed E-state index contributed by atoms with van der Waals surface area (Å²) in [6, 6.07) is 61.8. The van der Waals surface area contributed by atoms with Crippen LogP contribution in [-0.4, -0.2) is 9.55 Å². The summed E-state index contributed by atoms with van der Waals surface area (Å²) in [4.78, 5) is 5.41. The van der Waals surface area contributed by atoms with Gasteiger partial charge in [0.2, 0.25) is 5.71 Å². The quantitative estimate of drug-likeness (QED) is 0.167. The van der Waals surface area contributed by atoms with Gasteiger partial charge in [-0.25, -0.2) is 0 Å². The Bertz CT molecular complexity index is 3750. The highest BCUT2D eigenvalue weighted by molar-refractivity contribution is 7.25. The smallest absolute Gasteiger partial charge is 0.229 e. The van der Waals surface area contributed by atoms with Gasteiger partial charge in [0.1, 0.15) is 11.4 Å². The Morgan fingerprint density at radius 2 is 1.02 bits per heavy atom. The molecule has 0 saturated carbocycles. The number of rotatable bonds is 2. The molecule has 9 aromatic carbocycles. The molecule has 0 bridgehead atoms. The second-order valence-corrected chi connectivity index (χ2v) is 15.7. The van der Waals surface area contributed by atoms with Gasteiger partial charge in [-0.1, -0.05) is 133 Å². The topological polar surface area (TPSA) is 31.0 Å². The van der Waals surface area contributed by atoms with Crippen LogP contribution in [0.15, 0.2) is 174 Å². The average molecular weight is 717 g/mol. The van der Waals surface area contributed by atoms with Crippen LogP contribution in [0.5, 0.6) is 0 Å². The molecule has 254 valence electrons. The molecule has 0 fully saturated rings. The van der Waals surface area contributed by atoms with Crippen LogP contribution in [0.25, 0.3) is 124 Å². The highest BCUT2D eigenvalue weighted by Gasteiger charge is 2.23. The minimum absolute atomic E-state index is 0.637. The zero-order valence-electron chi connectivity index (χ0n) is 29.4. The van der Waals surface area contributed by atoms with Gasteiger partial charge in [-0.05, 0) is 85.2 Å². The maximum atomic E-state index is 6.64. The number of pyridine rings is 1. The average Bonchev–Trinajstić information content (AvgIpc) is 3.92. The molecule has 0 N–H and O–H groups in total. The predicted molar refractivity (Wildman–Crippen MR) is 234 cm³/mol. The minimum Gasteiger partial charge on any atom is -0.438 e. The highest BCUT2D eigenvalue weighted by Crippen LogP contribution is 2.47. The minimum atomic E-state index is 0.637. The van der Waals surface area contributed by atoms with Gasteiger partial charge in [-0.2, -0.15) is 4.98 Å². The van der Waals surface area contributed by atoms with Crippen molar-refractivity contribution in [1.82, 2.24) is 9.55 Å². The molecule has 0 atom stereocenters. The zero-order chi connectivity index (χ0) is 35.8. The molecule has 13 aromatic rings. The van der Waals surface area contributed by atoms with E-state index < -0.39 is 0 Å². The molecule has 3 nitrogen and oxygen atoms in total. The van der Waals surface area contributed by atoms with Crippen molar-refractivity contribution < 1.29 is 4.42 Å². The van der Waals surface area contributed by atoms with Crippen molar-refractivity contribution in [2.45, 2.75) is 0 Å². The number of hydrogen-bond acceptors (Lipinski definition) is 3. The van der Waals surface area contributed by atoms with Crippen molar-refractivity contribution in [3.8, 4) is 16.9 Å². The fourth-order valence-corrected chi connectivity index (χ4v) is 10.6. The van der Waals surface area contributed by atoms with Crippen LogP contribution in [0, 0.1) is 0 Å². The number of para-hydroxylation sites is 1. The van der Waals surface area contributed by atoms with Crippen molar-refractivity contribution in [1.29, 1.82) is 0 Å². The van der Waals surface area contributed by atoms with Crippen LogP contribution in [-0.2, 0) is 0 Å². The van der Waals surface area contributed by atoms with Gasteiger partial charge < -0.3 is 4.42 Å². The van der Waals surface area contributed by atoms with E-state index in [1.165, 1.54) is 74.0 Å². The zero-order valence-corrected chi connectivity index (χ0v) is 30.2. The largest absolute Gasteiger partial charge is 0.438 e. The third kappa shape index (κ3) is 3.96. The van der Waals surface area contributed by atoms with Crippen molar-refractivity contribution in [3.05, 3.63) is 170 Å². The van der Waals surface area contributed by atoms with Gasteiger partial charge in [0.15, 0.2) is 0 Å². The molecule has 0 aliphatic carbocycles. The Morgan fingerprint density at radius 3 is 1.85 bits per heavy atom. The van der Waals surface area contributed by atoms with Gasteiger partial charge in [0.05, 0.1) is 16.4 Å². The Balaban J connectivity index is 1.21. The number of aromatic nitrogens is 2. The van der Waals surface area contributed by atoms with Gasteiger partial charge >= 0.3 is 0 Å². The van der Waals surface area contributed by atoms with Gasteiger partial charge in [-0.3, -0.25) is 4.57 Å². The maximum absolute atomic E-state index is 6.64. The van der Waals surface area contributed by atoms with E-state index in [0.29, 0.717) is 5.71 Å². The third-order valence-corrected chi connectivity index (χ3v) is 12.9. The molecule has 55 heavy (non-hydrogen) atoms. The van der Waals surface area contributed by atoms with Crippen LogP contribution >= 0.6 is 11.3 Å². The first kappa shape index (κ1) is 29.4. The molecule has 13 rings (SSSR count). The van der Waals surface area contributed by atoms with Crippen LogP contribution in [0.1, 0.15) is 0 Å². The number of thiophene rings is 1. The molecule has 0 radical (unpaired) electrons. The first-order valence-electron chi connectivity index (χ1n) is 18.7. The van der Waals surface area contributed by atoms with Gasteiger partial charge in [0, 0.05) is 41.7 Å². The first-order chi connectivity index (χ1) is 27.3. The Hall–Kier alpha value is -7.01. The predicted octanol–water partition coefficient (Wildman–Crippen LogP) is 14.7. The lowest BCUT2D eigenvalue weighted by Gasteiger charge is -2.13. The van der Waals surface area contributed by atoms with Crippen LogP contribution in [0.4, 0.5) is 0 Å². The fourth-order valence-electron chi connectivity index (χ4n) is 9.45. The number of furan rings is 1. The molecular formula is C51H28N2OS. The first-order valence-corrected chi connectivity index (χ1v) is 19.5. The Kier molecular flexibility index (Phi) is 5.77. The molecule has 0 aliphatic heterocycles. The third-order valence-electron chi connectivity index (χ3n) is 11.8. The Morgan fingerprint density at radius 1 is 0.418 bits per heavy atom. The van der Waals surface area contributed by atoms with E-state index in [1.54, 1.807) is 0 Å². The summed E-state index contributed by atoms with van der Waals surface area (Å²) in [6.07, 6.45) is 0. The number of nitrogens with zero attached hydrogens (tertiary/aromatic N) is 2. The normalized spacial score (nSPS) is 12.4. The monoisotopic (exact) mass is 716 g/mol. The number of hydrogen-bond donors (Lipinski definition) is 0. The van der Waals surface area contributed by atoms with Crippen LogP contribution in [0.2, 0.25) is 0 Å². The summed E-state index contributed by atoms with van der Waals surface area (Å²) in [6.45, 7) is 0. The van der Waals surface area contributed by atoms with E-state index in [2.05, 4.69) is 162 Å². The molecular weight excluding hydrogens is 689 g/mol.